The highest BCUT2D eigenvalue weighted by Gasteiger charge is 2.37. The molecule has 0 atom stereocenters. The molecular weight excluding hydrogens is 375 g/mol. The van der Waals surface area contributed by atoms with E-state index in [4.69, 9.17) is 5.11 Å². The van der Waals surface area contributed by atoms with Gasteiger partial charge in [-0.3, -0.25) is 0 Å². The highest BCUT2D eigenvalue weighted by molar-refractivity contribution is 9.10. The van der Waals surface area contributed by atoms with Crippen molar-refractivity contribution in [1.82, 2.24) is 4.31 Å². The molecule has 0 spiro atoms. The van der Waals surface area contributed by atoms with E-state index in [0.717, 1.165) is 0 Å². The molecule has 9 heteroatoms. The van der Waals surface area contributed by atoms with Crippen LogP contribution in [0.4, 0.5) is 13.2 Å². The van der Waals surface area contributed by atoms with Crippen molar-refractivity contribution >= 4 is 26.0 Å². The van der Waals surface area contributed by atoms with Gasteiger partial charge >= 0.3 is 6.18 Å². The molecule has 4 nitrogen and oxygen atoms in total. The Kier molecular flexibility index (Phi) is 6.21. The van der Waals surface area contributed by atoms with Gasteiger partial charge < -0.3 is 5.11 Å². The predicted molar refractivity (Wildman–Crippen MR) is 75.2 cm³/mol. The highest BCUT2D eigenvalue weighted by atomic mass is 79.9. The van der Waals surface area contributed by atoms with Crippen LogP contribution in [0.25, 0.3) is 0 Å². The van der Waals surface area contributed by atoms with Crippen LogP contribution in [0.3, 0.4) is 0 Å². The molecule has 0 fully saturated rings. The fourth-order valence-corrected chi connectivity index (χ4v) is 4.21. The number of hydrogen-bond acceptors (Lipinski definition) is 3. The van der Waals surface area contributed by atoms with E-state index in [1.807, 2.05) is 0 Å². The molecule has 0 aliphatic heterocycles. The first-order chi connectivity index (χ1) is 9.61. The van der Waals surface area contributed by atoms with Gasteiger partial charge in [0.25, 0.3) is 0 Å². The van der Waals surface area contributed by atoms with Crippen LogP contribution in [0, 0.1) is 0 Å². The summed E-state index contributed by atoms with van der Waals surface area (Å²) >= 11 is 3.03. The zero-order valence-corrected chi connectivity index (χ0v) is 13.6. The zero-order chi connectivity index (χ0) is 16.3. The number of rotatable bonds is 6. The summed E-state index contributed by atoms with van der Waals surface area (Å²) in [5, 5.41) is 9.04. The van der Waals surface area contributed by atoms with E-state index in [-0.39, 0.29) is 22.3 Å². The van der Waals surface area contributed by atoms with Crippen molar-refractivity contribution in [2.24, 2.45) is 0 Å². The number of aliphatic hydroxyl groups is 1. The largest absolute Gasteiger partial charge is 0.402 e. The number of alkyl halides is 3. The third kappa shape index (κ3) is 4.94. The minimum absolute atomic E-state index is 0.156. The Morgan fingerprint density at radius 2 is 1.95 bits per heavy atom. The van der Waals surface area contributed by atoms with E-state index < -0.39 is 29.4 Å². The second kappa shape index (κ2) is 7.08. The lowest BCUT2D eigenvalue weighted by atomic mass is 10.2. The van der Waals surface area contributed by atoms with Gasteiger partial charge in [-0.2, -0.15) is 17.5 Å². The third-order valence-corrected chi connectivity index (χ3v) is 5.46. The standard InChI is InChI=1S/C12H15BrF3NO3S/c1-2-5-17(8-12(14,15)16)21(19,20)11-6-9(7-18)3-4-10(11)13/h3-4,6,18H,2,5,7-8H2,1H3. The van der Waals surface area contributed by atoms with Gasteiger partial charge in [0, 0.05) is 11.0 Å². The van der Waals surface area contributed by atoms with E-state index in [1.54, 1.807) is 6.92 Å². The minimum Gasteiger partial charge on any atom is -0.392 e. The maximum Gasteiger partial charge on any atom is 0.402 e. The predicted octanol–water partition coefficient (Wildman–Crippen LogP) is 2.90. The Morgan fingerprint density at radius 3 is 2.43 bits per heavy atom. The van der Waals surface area contributed by atoms with E-state index in [2.05, 4.69) is 15.9 Å². The Labute approximate surface area is 129 Å². The molecule has 21 heavy (non-hydrogen) atoms. The number of nitrogens with zero attached hydrogens (tertiary/aromatic N) is 1. The fraction of sp³-hybridized carbons (Fsp3) is 0.500. The summed E-state index contributed by atoms with van der Waals surface area (Å²) in [5.41, 5.74) is 0.306. The topological polar surface area (TPSA) is 57.6 Å². The van der Waals surface area contributed by atoms with Crippen LogP contribution in [-0.4, -0.2) is 37.1 Å². The molecule has 0 radical (unpaired) electrons. The molecule has 0 unspecified atom stereocenters. The van der Waals surface area contributed by atoms with Crippen molar-refractivity contribution < 1.29 is 26.7 Å². The van der Waals surface area contributed by atoms with Crippen molar-refractivity contribution in [3.63, 3.8) is 0 Å². The number of hydrogen-bond donors (Lipinski definition) is 1. The molecule has 0 aromatic heterocycles. The van der Waals surface area contributed by atoms with Gasteiger partial charge in [-0.15, -0.1) is 0 Å². The van der Waals surface area contributed by atoms with Crippen LogP contribution < -0.4 is 0 Å². The van der Waals surface area contributed by atoms with Gasteiger partial charge in [0.05, 0.1) is 11.5 Å². The van der Waals surface area contributed by atoms with Gasteiger partial charge in [0.1, 0.15) is 6.54 Å². The number of sulfonamides is 1. The van der Waals surface area contributed by atoms with Crippen LogP contribution in [0.1, 0.15) is 18.9 Å². The zero-order valence-electron chi connectivity index (χ0n) is 11.2. The minimum atomic E-state index is -4.62. The first-order valence-electron chi connectivity index (χ1n) is 6.08. The van der Waals surface area contributed by atoms with Crippen molar-refractivity contribution in [3.8, 4) is 0 Å². The average molecular weight is 390 g/mol. The van der Waals surface area contributed by atoms with Gasteiger partial charge in [-0.1, -0.05) is 13.0 Å². The van der Waals surface area contributed by atoms with Crippen LogP contribution in [0.5, 0.6) is 0 Å². The Balaban J connectivity index is 3.28. The lowest BCUT2D eigenvalue weighted by molar-refractivity contribution is -0.136. The van der Waals surface area contributed by atoms with Crippen LogP contribution in [-0.2, 0) is 16.6 Å². The average Bonchev–Trinajstić information content (AvgIpc) is 2.37. The fourth-order valence-electron chi connectivity index (χ4n) is 1.72. The maximum absolute atomic E-state index is 12.6. The van der Waals surface area contributed by atoms with E-state index in [9.17, 15) is 21.6 Å². The molecule has 0 aliphatic rings. The highest BCUT2D eigenvalue weighted by Crippen LogP contribution is 2.28. The summed E-state index contributed by atoms with van der Waals surface area (Å²) in [6, 6.07) is 4.03. The smallest absolute Gasteiger partial charge is 0.392 e. The van der Waals surface area contributed by atoms with Gasteiger partial charge in [0.15, 0.2) is 0 Å². The molecule has 1 aromatic carbocycles. The Bertz CT molecular complexity index is 590. The van der Waals surface area contributed by atoms with Gasteiger partial charge in [0.2, 0.25) is 10.0 Å². The summed E-state index contributed by atoms with van der Waals surface area (Å²) in [6.45, 7) is -0.586. The monoisotopic (exact) mass is 389 g/mol. The lowest BCUT2D eigenvalue weighted by Gasteiger charge is -2.23. The van der Waals surface area contributed by atoms with Crippen LogP contribution >= 0.6 is 15.9 Å². The quantitative estimate of drug-likeness (QED) is 0.813. The normalized spacial score (nSPS) is 12.9. The molecular formula is C12H15BrF3NO3S. The SMILES string of the molecule is CCCN(CC(F)(F)F)S(=O)(=O)c1cc(CO)ccc1Br. The van der Waals surface area contributed by atoms with Crippen molar-refractivity contribution in [3.05, 3.63) is 28.2 Å². The summed E-state index contributed by atoms with van der Waals surface area (Å²) in [5.74, 6) is 0. The van der Waals surface area contributed by atoms with Crippen LogP contribution in [0.2, 0.25) is 0 Å². The molecule has 1 aromatic rings. The molecule has 1 rings (SSSR count). The Hall–Kier alpha value is -0.640. The summed E-state index contributed by atoms with van der Waals surface area (Å²) in [6.07, 6.45) is -4.37. The first-order valence-corrected chi connectivity index (χ1v) is 8.31. The lowest BCUT2D eigenvalue weighted by Crippen LogP contribution is -2.39. The van der Waals surface area contributed by atoms with Gasteiger partial charge in [-0.25, -0.2) is 8.42 Å². The summed E-state index contributed by atoms with van der Waals surface area (Å²) in [4.78, 5) is -0.285. The molecule has 1 N–H and O–H groups in total. The van der Waals surface area contributed by atoms with E-state index in [0.29, 0.717) is 9.87 Å². The molecule has 0 heterocycles. The number of aliphatic hydroxyl groups excluding tert-OH is 1. The van der Waals surface area contributed by atoms with E-state index >= 15 is 0 Å². The van der Waals surface area contributed by atoms with E-state index in [1.165, 1.54) is 18.2 Å². The first kappa shape index (κ1) is 18.4. The van der Waals surface area contributed by atoms with Crippen molar-refractivity contribution in [2.45, 2.75) is 31.0 Å². The summed E-state index contributed by atoms with van der Waals surface area (Å²) < 4.78 is 63.0. The molecule has 0 bridgehead atoms. The van der Waals surface area contributed by atoms with Gasteiger partial charge in [-0.05, 0) is 40.0 Å². The molecule has 0 saturated carbocycles. The number of halogens is 4. The molecule has 0 saturated heterocycles. The van der Waals surface area contributed by atoms with Crippen molar-refractivity contribution in [2.75, 3.05) is 13.1 Å². The molecule has 120 valence electrons. The molecule has 0 amide bonds. The second-order valence-corrected chi connectivity index (χ2v) is 7.14. The summed E-state index contributed by atoms with van der Waals surface area (Å²) in [7, 11) is -4.30. The second-order valence-electron chi connectivity index (χ2n) is 4.38. The third-order valence-electron chi connectivity index (χ3n) is 2.62. The van der Waals surface area contributed by atoms with Crippen molar-refractivity contribution in [1.29, 1.82) is 0 Å². The number of benzene rings is 1. The molecule has 0 aliphatic carbocycles. The van der Waals surface area contributed by atoms with Crippen LogP contribution in [0.15, 0.2) is 27.6 Å². The maximum atomic E-state index is 12.6. The Morgan fingerprint density at radius 1 is 1.33 bits per heavy atom.